The Morgan fingerprint density at radius 3 is 2.30 bits per heavy atom. The zero-order valence-corrected chi connectivity index (χ0v) is 14.3. The molecule has 3 rings (SSSR count). The van der Waals surface area contributed by atoms with Gasteiger partial charge in [-0.3, -0.25) is 4.79 Å². The standard InChI is InChI=1S/C19H21ClN2O/c1-14-5-3-4-6-17(14)19(23)22-11-9-21(10-12-22)16-8-7-15(2)18(20)13-16/h3-8,13H,9-12H2,1-2H3. The van der Waals surface area contributed by atoms with Gasteiger partial charge in [0.1, 0.15) is 0 Å². The lowest BCUT2D eigenvalue weighted by Crippen LogP contribution is -2.48. The van der Waals surface area contributed by atoms with Crippen LogP contribution in [-0.2, 0) is 0 Å². The van der Waals surface area contributed by atoms with Gasteiger partial charge < -0.3 is 9.80 Å². The highest BCUT2D eigenvalue weighted by atomic mass is 35.5. The predicted octanol–water partition coefficient (Wildman–Crippen LogP) is 3.92. The molecule has 0 aliphatic carbocycles. The second-order valence-corrected chi connectivity index (χ2v) is 6.43. The Kier molecular flexibility index (Phi) is 4.58. The third kappa shape index (κ3) is 3.35. The first-order valence-electron chi connectivity index (χ1n) is 7.92. The summed E-state index contributed by atoms with van der Waals surface area (Å²) in [6.45, 7) is 7.12. The molecule has 1 heterocycles. The Morgan fingerprint density at radius 2 is 1.65 bits per heavy atom. The van der Waals surface area contributed by atoms with Gasteiger partial charge >= 0.3 is 0 Å². The van der Waals surface area contributed by atoms with Crippen LogP contribution in [-0.4, -0.2) is 37.0 Å². The average Bonchev–Trinajstić information content (AvgIpc) is 2.57. The first kappa shape index (κ1) is 15.9. The Bertz CT molecular complexity index is 721. The maximum atomic E-state index is 12.6. The van der Waals surface area contributed by atoms with Crippen LogP contribution in [0.4, 0.5) is 5.69 Å². The van der Waals surface area contributed by atoms with E-state index >= 15 is 0 Å². The van der Waals surface area contributed by atoms with Gasteiger partial charge in [0.2, 0.25) is 0 Å². The molecule has 1 fully saturated rings. The van der Waals surface area contributed by atoms with Crippen molar-refractivity contribution in [3.8, 4) is 0 Å². The number of hydrogen-bond acceptors (Lipinski definition) is 2. The number of piperazine rings is 1. The van der Waals surface area contributed by atoms with Crippen LogP contribution in [0.5, 0.6) is 0 Å². The molecule has 3 nitrogen and oxygen atoms in total. The van der Waals surface area contributed by atoms with E-state index in [0.29, 0.717) is 0 Å². The van der Waals surface area contributed by atoms with Crippen LogP contribution in [0.1, 0.15) is 21.5 Å². The third-order valence-electron chi connectivity index (χ3n) is 4.46. The van der Waals surface area contributed by atoms with Crippen molar-refractivity contribution >= 4 is 23.2 Å². The average molecular weight is 329 g/mol. The summed E-state index contributed by atoms with van der Waals surface area (Å²) in [6, 6.07) is 13.9. The molecule has 0 aromatic heterocycles. The van der Waals surface area contributed by atoms with Crippen molar-refractivity contribution in [2.75, 3.05) is 31.1 Å². The van der Waals surface area contributed by atoms with Crippen molar-refractivity contribution in [3.05, 3.63) is 64.2 Å². The molecule has 0 radical (unpaired) electrons. The van der Waals surface area contributed by atoms with Gasteiger partial charge in [-0.1, -0.05) is 35.9 Å². The van der Waals surface area contributed by atoms with Crippen LogP contribution in [0.25, 0.3) is 0 Å². The largest absolute Gasteiger partial charge is 0.368 e. The van der Waals surface area contributed by atoms with Gasteiger partial charge in [-0.25, -0.2) is 0 Å². The molecule has 23 heavy (non-hydrogen) atoms. The highest BCUT2D eigenvalue weighted by Gasteiger charge is 2.23. The number of carbonyl (C=O) groups is 1. The van der Waals surface area contributed by atoms with E-state index in [9.17, 15) is 4.79 Å². The maximum Gasteiger partial charge on any atom is 0.254 e. The van der Waals surface area contributed by atoms with Gasteiger partial charge in [0, 0.05) is 42.5 Å². The number of halogens is 1. The molecule has 0 spiro atoms. The van der Waals surface area contributed by atoms with Crippen molar-refractivity contribution < 1.29 is 4.79 Å². The normalized spacial score (nSPS) is 14.9. The molecule has 1 aliphatic rings. The molecule has 120 valence electrons. The van der Waals surface area contributed by atoms with E-state index in [1.54, 1.807) is 0 Å². The zero-order valence-electron chi connectivity index (χ0n) is 13.6. The predicted molar refractivity (Wildman–Crippen MR) is 95.5 cm³/mol. The lowest BCUT2D eigenvalue weighted by Gasteiger charge is -2.36. The molecule has 0 unspecified atom stereocenters. The Hall–Kier alpha value is -2.00. The van der Waals surface area contributed by atoms with Crippen molar-refractivity contribution in [3.63, 3.8) is 0 Å². The maximum absolute atomic E-state index is 12.6. The van der Waals surface area contributed by atoms with Crippen LogP contribution in [0.3, 0.4) is 0 Å². The Labute approximate surface area is 142 Å². The SMILES string of the molecule is Cc1ccc(N2CCN(C(=O)c3ccccc3C)CC2)cc1Cl. The fourth-order valence-corrected chi connectivity index (χ4v) is 3.10. The van der Waals surface area contributed by atoms with E-state index in [0.717, 1.165) is 53.6 Å². The minimum absolute atomic E-state index is 0.129. The van der Waals surface area contributed by atoms with Crippen molar-refractivity contribution in [2.45, 2.75) is 13.8 Å². The van der Waals surface area contributed by atoms with Crippen LogP contribution in [0, 0.1) is 13.8 Å². The lowest BCUT2D eigenvalue weighted by atomic mass is 10.1. The molecule has 2 aromatic carbocycles. The minimum atomic E-state index is 0.129. The smallest absolute Gasteiger partial charge is 0.254 e. The summed E-state index contributed by atoms with van der Waals surface area (Å²) < 4.78 is 0. The molecule has 1 saturated heterocycles. The number of hydrogen-bond donors (Lipinski definition) is 0. The minimum Gasteiger partial charge on any atom is -0.368 e. The van der Waals surface area contributed by atoms with Gasteiger partial charge in [0.05, 0.1) is 0 Å². The molecule has 1 aliphatic heterocycles. The van der Waals surface area contributed by atoms with E-state index in [4.69, 9.17) is 11.6 Å². The van der Waals surface area contributed by atoms with Crippen LogP contribution in [0.2, 0.25) is 5.02 Å². The van der Waals surface area contributed by atoms with E-state index in [1.807, 2.05) is 55.1 Å². The van der Waals surface area contributed by atoms with Crippen molar-refractivity contribution in [2.24, 2.45) is 0 Å². The summed E-state index contributed by atoms with van der Waals surface area (Å²) in [5, 5.41) is 0.793. The Balaban J connectivity index is 1.67. The Morgan fingerprint density at radius 1 is 0.957 bits per heavy atom. The quantitative estimate of drug-likeness (QED) is 0.834. The summed E-state index contributed by atoms with van der Waals surface area (Å²) in [7, 11) is 0. The van der Waals surface area contributed by atoms with E-state index in [-0.39, 0.29) is 5.91 Å². The molecule has 4 heteroatoms. The van der Waals surface area contributed by atoms with Crippen molar-refractivity contribution in [1.82, 2.24) is 4.90 Å². The molecular formula is C19H21ClN2O. The van der Waals surface area contributed by atoms with Crippen LogP contribution < -0.4 is 4.90 Å². The highest BCUT2D eigenvalue weighted by Crippen LogP contribution is 2.24. The summed E-state index contributed by atoms with van der Waals surface area (Å²) in [5.41, 5.74) is 4.05. The number of benzene rings is 2. The molecule has 0 atom stereocenters. The second-order valence-electron chi connectivity index (χ2n) is 6.03. The summed E-state index contributed by atoms with van der Waals surface area (Å²) in [4.78, 5) is 16.9. The summed E-state index contributed by atoms with van der Waals surface area (Å²) in [5.74, 6) is 0.129. The number of carbonyl (C=O) groups excluding carboxylic acids is 1. The molecular weight excluding hydrogens is 308 g/mol. The number of amides is 1. The fraction of sp³-hybridized carbons (Fsp3) is 0.316. The zero-order chi connectivity index (χ0) is 16.4. The first-order valence-corrected chi connectivity index (χ1v) is 8.30. The molecule has 2 aromatic rings. The number of nitrogens with zero attached hydrogens (tertiary/aromatic N) is 2. The first-order chi connectivity index (χ1) is 11.1. The number of aryl methyl sites for hydroxylation is 2. The van der Waals surface area contributed by atoms with Gasteiger partial charge in [0.15, 0.2) is 0 Å². The molecule has 0 N–H and O–H groups in total. The molecule has 0 saturated carbocycles. The summed E-state index contributed by atoms with van der Waals surface area (Å²) in [6.07, 6.45) is 0. The molecule has 1 amide bonds. The molecule has 0 bridgehead atoms. The number of anilines is 1. The summed E-state index contributed by atoms with van der Waals surface area (Å²) >= 11 is 6.22. The lowest BCUT2D eigenvalue weighted by molar-refractivity contribution is 0.0746. The van der Waals surface area contributed by atoms with Crippen molar-refractivity contribution in [1.29, 1.82) is 0 Å². The second kappa shape index (κ2) is 6.63. The third-order valence-corrected chi connectivity index (χ3v) is 4.87. The van der Waals surface area contributed by atoms with E-state index in [1.165, 1.54) is 0 Å². The number of rotatable bonds is 2. The van der Waals surface area contributed by atoms with Gasteiger partial charge in [-0.2, -0.15) is 0 Å². The monoisotopic (exact) mass is 328 g/mol. The fourth-order valence-electron chi connectivity index (χ4n) is 2.93. The van der Waals surface area contributed by atoms with Gasteiger partial charge in [-0.15, -0.1) is 0 Å². The van der Waals surface area contributed by atoms with Gasteiger partial charge in [-0.05, 0) is 43.2 Å². The van der Waals surface area contributed by atoms with Gasteiger partial charge in [0.25, 0.3) is 5.91 Å². The van der Waals surface area contributed by atoms with Crippen LogP contribution in [0.15, 0.2) is 42.5 Å². The highest BCUT2D eigenvalue weighted by molar-refractivity contribution is 6.31. The topological polar surface area (TPSA) is 23.6 Å². The van der Waals surface area contributed by atoms with E-state index < -0.39 is 0 Å². The van der Waals surface area contributed by atoms with E-state index in [2.05, 4.69) is 11.0 Å². The van der Waals surface area contributed by atoms with Crippen LogP contribution >= 0.6 is 11.6 Å².